The van der Waals surface area contributed by atoms with Gasteiger partial charge in [-0.15, -0.1) is 11.8 Å². The lowest BCUT2D eigenvalue weighted by Crippen LogP contribution is -2.74. The highest BCUT2D eigenvalue weighted by Crippen LogP contribution is 2.39. The van der Waals surface area contributed by atoms with Gasteiger partial charge in [-0.1, -0.05) is 18.2 Å². The van der Waals surface area contributed by atoms with Crippen molar-refractivity contribution < 1.29 is 24.2 Å². The van der Waals surface area contributed by atoms with Crippen LogP contribution in [0.3, 0.4) is 0 Å². The standard InChI is InChI=1S/C16H16N2O5S/c1-9-8-24-15-12(14(20)18(15)13(9)16(21)22)17-11(19)7-23-10-5-3-2-4-6-10/h2-6,8,12-13,15H,7H2,1H3,(H,17,19)(H,21,22)/t12-,13+,15+/m0/s1. The fourth-order valence-corrected chi connectivity index (χ4v) is 3.87. The second-order valence-electron chi connectivity index (χ2n) is 5.52. The molecule has 0 aromatic heterocycles. The van der Waals surface area contributed by atoms with Crippen LogP contribution in [0.1, 0.15) is 6.92 Å². The normalized spacial score (nSPS) is 25.2. The highest BCUT2D eigenvalue weighted by Gasteiger charge is 2.55. The molecule has 0 saturated carbocycles. The minimum atomic E-state index is -1.07. The Labute approximate surface area is 142 Å². The maximum absolute atomic E-state index is 12.2. The van der Waals surface area contributed by atoms with Crippen molar-refractivity contribution in [3.8, 4) is 5.75 Å². The molecule has 2 aliphatic heterocycles. The number of carbonyl (C=O) groups excluding carboxylic acids is 2. The molecule has 126 valence electrons. The first-order valence-corrected chi connectivity index (χ1v) is 8.27. The fraction of sp³-hybridized carbons (Fsp3) is 0.312. The number of carboxylic acids is 1. The molecule has 1 saturated heterocycles. The van der Waals surface area contributed by atoms with Crippen molar-refractivity contribution in [1.82, 2.24) is 10.2 Å². The van der Waals surface area contributed by atoms with Gasteiger partial charge in [0, 0.05) is 0 Å². The van der Waals surface area contributed by atoms with Crippen LogP contribution in [0.4, 0.5) is 0 Å². The molecular formula is C16H16N2O5S. The lowest BCUT2D eigenvalue weighted by molar-refractivity contribution is -0.160. The Hall–Kier alpha value is -2.48. The molecule has 2 heterocycles. The van der Waals surface area contributed by atoms with Gasteiger partial charge in [0.05, 0.1) is 0 Å². The van der Waals surface area contributed by atoms with Gasteiger partial charge in [0.2, 0.25) is 5.91 Å². The zero-order valence-corrected chi connectivity index (χ0v) is 13.7. The van der Waals surface area contributed by atoms with Gasteiger partial charge in [0.25, 0.3) is 5.91 Å². The van der Waals surface area contributed by atoms with E-state index in [1.807, 2.05) is 6.07 Å². The molecule has 8 heteroatoms. The van der Waals surface area contributed by atoms with Gasteiger partial charge < -0.3 is 20.1 Å². The molecule has 0 spiro atoms. The molecule has 0 bridgehead atoms. The molecule has 0 aliphatic carbocycles. The summed E-state index contributed by atoms with van der Waals surface area (Å²) in [7, 11) is 0. The quantitative estimate of drug-likeness (QED) is 0.765. The number of nitrogens with one attached hydrogen (secondary N) is 1. The van der Waals surface area contributed by atoms with Crippen molar-refractivity contribution >= 4 is 29.5 Å². The first kappa shape index (κ1) is 16.4. The molecular weight excluding hydrogens is 332 g/mol. The van der Waals surface area contributed by atoms with Crippen LogP contribution in [0.2, 0.25) is 0 Å². The van der Waals surface area contributed by atoms with Crippen LogP contribution in [0.15, 0.2) is 41.3 Å². The number of nitrogens with zero attached hydrogens (tertiary/aromatic N) is 1. The van der Waals surface area contributed by atoms with Gasteiger partial charge in [-0.05, 0) is 30.0 Å². The fourth-order valence-electron chi connectivity index (χ4n) is 2.69. The molecule has 7 nitrogen and oxygen atoms in total. The summed E-state index contributed by atoms with van der Waals surface area (Å²) in [6, 6.07) is 7.19. The summed E-state index contributed by atoms with van der Waals surface area (Å²) in [4.78, 5) is 36.8. The summed E-state index contributed by atoms with van der Waals surface area (Å²) in [5, 5.41) is 13.2. The number of ether oxygens (including phenoxy) is 1. The number of hydrogen-bond donors (Lipinski definition) is 2. The number of fused-ring (bicyclic) bond motifs is 1. The average molecular weight is 348 g/mol. The van der Waals surface area contributed by atoms with E-state index in [9.17, 15) is 19.5 Å². The topological polar surface area (TPSA) is 95.9 Å². The number of hydrogen-bond acceptors (Lipinski definition) is 5. The molecule has 2 aliphatic rings. The van der Waals surface area contributed by atoms with Crippen LogP contribution in [-0.2, 0) is 14.4 Å². The predicted molar refractivity (Wildman–Crippen MR) is 87.3 cm³/mol. The third kappa shape index (κ3) is 2.96. The highest BCUT2D eigenvalue weighted by atomic mass is 32.2. The Kier molecular flexibility index (Phi) is 4.48. The first-order valence-electron chi connectivity index (χ1n) is 7.33. The van der Waals surface area contributed by atoms with Crippen molar-refractivity contribution in [2.75, 3.05) is 6.61 Å². The second kappa shape index (κ2) is 6.56. The number of rotatable bonds is 5. The number of amides is 2. The molecule has 1 fully saturated rings. The Bertz CT molecular complexity index is 706. The van der Waals surface area contributed by atoms with Crippen molar-refractivity contribution in [2.24, 2.45) is 0 Å². The minimum Gasteiger partial charge on any atom is -0.484 e. The van der Waals surface area contributed by atoms with Crippen molar-refractivity contribution in [3.05, 3.63) is 41.3 Å². The zero-order chi connectivity index (χ0) is 17.3. The number of aliphatic carboxylic acids is 1. The number of benzene rings is 1. The monoisotopic (exact) mass is 348 g/mol. The molecule has 3 rings (SSSR count). The van der Waals surface area contributed by atoms with E-state index in [1.165, 1.54) is 16.7 Å². The number of β-lactam (4-membered cyclic amide) rings is 1. The van der Waals surface area contributed by atoms with Gasteiger partial charge in [-0.3, -0.25) is 9.59 Å². The summed E-state index contributed by atoms with van der Waals surface area (Å²) < 4.78 is 5.34. The average Bonchev–Trinajstić information content (AvgIpc) is 2.58. The summed E-state index contributed by atoms with van der Waals surface area (Å²) in [6.45, 7) is 1.47. The highest BCUT2D eigenvalue weighted by molar-refractivity contribution is 8.02. The van der Waals surface area contributed by atoms with Crippen LogP contribution in [0, 0.1) is 0 Å². The van der Waals surface area contributed by atoms with Gasteiger partial charge >= 0.3 is 5.97 Å². The maximum Gasteiger partial charge on any atom is 0.330 e. The van der Waals surface area contributed by atoms with E-state index >= 15 is 0 Å². The van der Waals surface area contributed by atoms with Crippen molar-refractivity contribution in [3.63, 3.8) is 0 Å². The third-order valence-electron chi connectivity index (χ3n) is 3.85. The third-order valence-corrected chi connectivity index (χ3v) is 5.13. The number of para-hydroxylation sites is 1. The number of carbonyl (C=O) groups is 3. The molecule has 2 amide bonds. The molecule has 0 unspecified atom stereocenters. The number of carboxylic acid groups (broad SMARTS) is 1. The molecule has 3 atom stereocenters. The summed E-state index contributed by atoms with van der Waals surface area (Å²) in [6.07, 6.45) is 0. The van der Waals surface area contributed by atoms with E-state index in [0.29, 0.717) is 11.3 Å². The summed E-state index contributed by atoms with van der Waals surface area (Å²) in [5.74, 6) is -1.32. The van der Waals surface area contributed by atoms with Crippen LogP contribution >= 0.6 is 11.8 Å². The number of thioether (sulfide) groups is 1. The van der Waals surface area contributed by atoms with E-state index in [4.69, 9.17) is 4.74 Å². The molecule has 1 aromatic rings. The van der Waals surface area contributed by atoms with Crippen molar-refractivity contribution in [1.29, 1.82) is 0 Å². The zero-order valence-electron chi connectivity index (χ0n) is 12.8. The van der Waals surface area contributed by atoms with Gasteiger partial charge in [-0.2, -0.15) is 0 Å². The predicted octanol–water partition coefficient (Wildman–Crippen LogP) is 0.822. The molecule has 2 N–H and O–H groups in total. The maximum atomic E-state index is 12.2. The van der Waals surface area contributed by atoms with E-state index in [1.54, 1.807) is 36.6 Å². The Morgan fingerprint density at radius 1 is 1.33 bits per heavy atom. The van der Waals surface area contributed by atoms with Crippen LogP contribution in [-0.4, -0.2) is 51.9 Å². The minimum absolute atomic E-state index is 0.206. The van der Waals surface area contributed by atoms with E-state index in [2.05, 4.69) is 5.32 Å². The second-order valence-corrected chi connectivity index (χ2v) is 6.51. The Morgan fingerprint density at radius 3 is 2.71 bits per heavy atom. The van der Waals surface area contributed by atoms with Gasteiger partial charge in [0.15, 0.2) is 12.6 Å². The smallest absolute Gasteiger partial charge is 0.330 e. The van der Waals surface area contributed by atoms with Crippen LogP contribution < -0.4 is 10.1 Å². The van der Waals surface area contributed by atoms with Crippen LogP contribution in [0.25, 0.3) is 0 Å². The van der Waals surface area contributed by atoms with Crippen molar-refractivity contribution in [2.45, 2.75) is 24.4 Å². The lowest BCUT2D eigenvalue weighted by atomic mass is 9.99. The van der Waals surface area contributed by atoms with Gasteiger partial charge in [-0.25, -0.2) is 4.79 Å². The lowest BCUT2D eigenvalue weighted by Gasteiger charge is -2.51. The molecule has 1 aromatic carbocycles. The van der Waals surface area contributed by atoms with E-state index < -0.39 is 29.3 Å². The molecule has 24 heavy (non-hydrogen) atoms. The summed E-state index contributed by atoms with van der Waals surface area (Å²) in [5.41, 5.74) is 0.606. The Morgan fingerprint density at radius 2 is 2.04 bits per heavy atom. The first-order chi connectivity index (χ1) is 11.5. The van der Waals surface area contributed by atoms with Gasteiger partial charge in [0.1, 0.15) is 17.2 Å². The Balaban J connectivity index is 1.58. The van der Waals surface area contributed by atoms with E-state index in [0.717, 1.165) is 0 Å². The van der Waals surface area contributed by atoms with E-state index in [-0.39, 0.29) is 12.5 Å². The molecule has 0 radical (unpaired) electrons. The van der Waals surface area contributed by atoms with Crippen LogP contribution in [0.5, 0.6) is 5.75 Å². The summed E-state index contributed by atoms with van der Waals surface area (Å²) >= 11 is 1.33. The SMILES string of the molecule is CC1=CS[C@@H]2[C@@H](NC(=O)COc3ccccc3)C(=O)N2[C@H]1C(=O)O. The largest absolute Gasteiger partial charge is 0.484 e.